The van der Waals surface area contributed by atoms with Gasteiger partial charge in [-0.25, -0.2) is 9.48 Å². The van der Waals surface area contributed by atoms with Gasteiger partial charge in [0.15, 0.2) is 5.69 Å². The number of nitrogens with zero attached hydrogens (tertiary/aromatic N) is 3. The van der Waals surface area contributed by atoms with Gasteiger partial charge in [0.05, 0.1) is 5.69 Å². The molecule has 0 atom stereocenters. The molecular formula is C14H25N3O2. The minimum absolute atomic E-state index is 0.0843. The second kappa shape index (κ2) is 6.68. The number of hydrogen-bond acceptors (Lipinski definition) is 3. The largest absolute Gasteiger partial charge is 0.476 e. The van der Waals surface area contributed by atoms with E-state index in [0.717, 1.165) is 25.1 Å². The summed E-state index contributed by atoms with van der Waals surface area (Å²) in [6.45, 7) is 8.91. The molecule has 5 heteroatoms. The van der Waals surface area contributed by atoms with Crippen molar-refractivity contribution in [2.45, 2.75) is 71.8 Å². The van der Waals surface area contributed by atoms with Crippen LogP contribution < -0.4 is 0 Å². The van der Waals surface area contributed by atoms with Crippen molar-refractivity contribution < 1.29 is 9.90 Å². The summed E-state index contributed by atoms with van der Waals surface area (Å²) in [5, 5.41) is 17.0. The third-order valence-corrected chi connectivity index (χ3v) is 3.12. The van der Waals surface area contributed by atoms with Gasteiger partial charge in [-0.2, -0.15) is 0 Å². The Morgan fingerprint density at radius 2 is 1.84 bits per heavy atom. The van der Waals surface area contributed by atoms with E-state index in [4.69, 9.17) is 5.11 Å². The predicted octanol–water partition coefficient (Wildman–Crippen LogP) is 3.24. The Hall–Kier alpha value is -1.39. The lowest BCUT2D eigenvalue weighted by Gasteiger charge is -2.20. The van der Waals surface area contributed by atoms with E-state index in [9.17, 15) is 4.79 Å². The Morgan fingerprint density at radius 3 is 2.37 bits per heavy atom. The van der Waals surface area contributed by atoms with Crippen molar-refractivity contribution in [3.8, 4) is 0 Å². The SMILES string of the molecule is CCCCCCCn1nnc(C(=O)O)c1C(C)(C)C. The van der Waals surface area contributed by atoms with Crippen LogP contribution in [0.15, 0.2) is 0 Å². The third-order valence-electron chi connectivity index (χ3n) is 3.12. The van der Waals surface area contributed by atoms with E-state index in [1.165, 1.54) is 19.3 Å². The van der Waals surface area contributed by atoms with Gasteiger partial charge in [0, 0.05) is 12.0 Å². The van der Waals surface area contributed by atoms with Crippen LogP contribution in [-0.2, 0) is 12.0 Å². The maximum absolute atomic E-state index is 11.2. The van der Waals surface area contributed by atoms with E-state index < -0.39 is 5.97 Å². The normalized spacial score (nSPS) is 11.8. The Kier molecular flexibility index (Phi) is 5.51. The topological polar surface area (TPSA) is 68.0 Å². The monoisotopic (exact) mass is 267 g/mol. The second-order valence-electron chi connectivity index (χ2n) is 5.98. The molecule has 0 aliphatic carbocycles. The molecule has 0 saturated carbocycles. The Bertz CT molecular complexity index is 419. The first-order valence-corrected chi connectivity index (χ1v) is 7.05. The molecule has 0 saturated heterocycles. The summed E-state index contributed by atoms with van der Waals surface area (Å²) in [5.41, 5.74) is 0.539. The van der Waals surface area contributed by atoms with Crippen LogP contribution in [0.5, 0.6) is 0 Å². The molecule has 19 heavy (non-hydrogen) atoms. The summed E-state index contributed by atoms with van der Waals surface area (Å²) in [6.07, 6.45) is 5.87. The summed E-state index contributed by atoms with van der Waals surface area (Å²) >= 11 is 0. The molecule has 0 unspecified atom stereocenters. The maximum Gasteiger partial charge on any atom is 0.358 e. The van der Waals surface area contributed by atoms with E-state index in [1.54, 1.807) is 4.68 Å². The quantitative estimate of drug-likeness (QED) is 0.770. The lowest BCUT2D eigenvalue weighted by Crippen LogP contribution is -2.22. The van der Waals surface area contributed by atoms with Gasteiger partial charge in [-0.1, -0.05) is 58.6 Å². The standard InChI is InChI=1S/C14H25N3O2/c1-5-6-7-8-9-10-17-12(14(2,3)4)11(13(18)19)15-16-17/h5-10H2,1-4H3,(H,18,19). The number of hydrogen-bond donors (Lipinski definition) is 1. The van der Waals surface area contributed by atoms with Crippen LogP contribution in [0, 0.1) is 0 Å². The molecule has 0 aliphatic heterocycles. The van der Waals surface area contributed by atoms with Crippen LogP contribution in [-0.4, -0.2) is 26.1 Å². The molecule has 0 amide bonds. The molecule has 0 aromatic carbocycles. The lowest BCUT2D eigenvalue weighted by atomic mass is 9.90. The van der Waals surface area contributed by atoms with Crippen LogP contribution in [0.25, 0.3) is 0 Å². The fourth-order valence-electron chi connectivity index (χ4n) is 2.22. The highest BCUT2D eigenvalue weighted by molar-refractivity contribution is 5.86. The molecule has 1 aromatic heterocycles. The van der Waals surface area contributed by atoms with Crippen molar-refractivity contribution in [3.05, 3.63) is 11.4 Å². The average Bonchev–Trinajstić information content (AvgIpc) is 2.72. The molecule has 1 rings (SSSR count). The number of carboxylic acid groups (broad SMARTS) is 1. The highest BCUT2D eigenvalue weighted by Gasteiger charge is 2.28. The first-order chi connectivity index (χ1) is 8.88. The van der Waals surface area contributed by atoms with Gasteiger partial charge in [-0.05, 0) is 6.42 Å². The van der Waals surface area contributed by atoms with Gasteiger partial charge in [0.1, 0.15) is 0 Å². The van der Waals surface area contributed by atoms with E-state index in [0.29, 0.717) is 0 Å². The summed E-state index contributed by atoms with van der Waals surface area (Å²) in [6, 6.07) is 0. The van der Waals surface area contributed by atoms with E-state index in [2.05, 4.69) is 17.2 Å². The number of unbranched alkanes of at least 4 members (excludes halogenated alkanes) is 4. The van der Waals surface area contributed by atoms with Crippen LogP contribution in [0.4, 0.5) is 0 Å². The van der Waals surface area contributed by atoms with Gasteiger partial charge in [0.2, 0.25) is 0 Å². The van der Waals surface area contributed by atoms with Crippen molar-refractivity contribution in [2.75, 3.05) is 0 Å². The molecule has 108 valence electrons. The number of carbonyl (C=O) groups is 1. The fourth-order valence-corrected chi connectivity index (χ4v) is 2.22. The van der Waals surface area contributed by atoms with E-state index in [1.807, 2.05) is 20.8 Å². The van der Waals surface area contributed by atoms with Crippen molar-refractivity contribution in [3.63, 3.8) is 0 Å². The zero-order valence-corrected chi connectivity index (χ0v) is 12.4. The molecule has 0 bridgehead atoms. The fraction of sp³-hybridized carbons (Fsp3) is 0.786. The zero-order valence-electron chi connectivity index (χ0n) is 12.4. The Morgan fingerprint density at radius 1 is 1.21 bits per heavy atom. The van der Waals surface area contributed by atoms with Crippen molar-refractivity contribution >= 4 is 5.97 Å². The first-order valence-electron chi connectivity index (χ1n) is 7.05. The third kappa shape index (κ3) is 4.33. The number of aryl methyl sites for hydroxylation is 1. The van der Waals surface area contributed by atoms with Crippen molar-refractivity contribution in [1.29, 1.82) is 0 Å². The molecule has 0 spiro atoms. The minimum atomic E-state index is -0.998. The van der Waals surface area contributed by atoms with E-state index in [-0.39, 0.29) is 11.1 Å². The number of aromatic carboxylic acids is 1. The van der Waals surface area contributed by atoms with E-state index >= 15 is 0 Å². The van der Waals surface area contributed by atoms with Crippen LogP contribution >= 0.6 is 0 Å². The highest BCUT2D eigenvalue weighted by Crippen LogP contribution is 2.25. The van der Waals surface area contributed by atoms with Gasteiger partial charge >= 0.3 is 5.97 Å². The van der Waals surface area contributed by atoms with Crippen LogP contribution in [0.2, 0.25) is 0 Å². The molecule has 1 aromatic rings. The first kappa shape index (κ1) is 15.7. The van der Waals surface area contributed by atoms with Crippen molar-refractivity contribution in [1.82, 2.24) is 15.0 Å². The van der Waals surface area contributed by atoms with Gasteiger partial charge < -0.3 is 5.11 Å². The molecular weight excluding hydrogens is 242 g/mol. The molecule has 1 heterocycles. The number of rotatable bonds is 7. The molecule has 0 aliphatic rings. The smallest absolute Gasteiger partial charge is 0.358 e. The Balaban J connectivity index is 2.76. The number of carboxylic acids is 1. The number of aromatic nitrogens is 3. The van der Waals surface area contributed by atoms with Gasteiger partial charge in [-0.15, -0.1) is 5.10 Å². The van der Waals surface area contributed by atoms with Crippen LogP contribution in [0.3, 0.4) is 0 Å². The summed E-state index contributed by atoms with van der Waals surface area (Å²) in [7, 11) is 0. The average molecular weight is 267 g/mol. The predicted molar refractivity (Wildman–Crippen MR) is 74.4 cm³/mol. The van der Waals surface area contributed by atoms with Crippen molar-refractivity contribution in [2.24, 2.45) is 0 Å². The van der Waals surface area contributed by atoms with Gasteiger partial charge in [-0.3, -0.25) is 0 Å². The van der Waals surface area contributed by atoms with Crippen LogP contribution in [0.1, 0.15) is 76.0 Å². The lowest BCUT2D eigenvalue weighted by molar-refractivity contribution is 0.0687. The molecule has 1 N–H and O–H groups in total. The molecule has 5 nitrogen and oxygen atoms in total. The molecule has 0 fully saturated rings. The summed E-state index contributed by atoms with van der Waals surface area (Å²) in [5.74, 6) is -0.998. The maximum atomic E-state index is 11.2. The highest BCUT2D eigenvalue weighted by atomic mass is 16.4. The van der Waals surface area contributed by atoms with Gasteiger partial charge in [0.25, 0.3) is 0 Å². The summed E-state index contributed by atoms with van der Waals surface area (Å²) < 4.78 is 1.76. The minimum Gasteiger partial charge on any atom is -0.476 e. The second-order valence-corrected chi connectivity index (χ2v) is 5.98. The molecule has 0 radical (unpaired) electrons. The summed E-state index contributed by atoms with van der Waals surface area (Å²) in [4.78, 5) is 11.2. The zero-order chi connectivity index (χ0) is 14.5. The Labute approximate surface area is 115 Å².